The van der Waals surface area contributed by atoms with Gasteiger partial charge < -0.3 is 10.1 Å². The Balaban J connectivity index is 1.91. The number of thiazole rings is 1. The van der Waals surface area contributed by atoms with E-state index in [2.05, 4.69) is 10.3 Å². The second-order valence-electron chi connectivity index (χ2n) is 5.38. The summed E-state index contributed by atoms with van der Waals surface area (Å²) < 4.78 is 5.01. The van der Waals surface area contributed by atoms with Crippen molar-refractivity contribution in [2.45, 2.75) is 32.7 Å². The van der Waals surface area contributed by atoms with E-state index in [-0.39, 0.29) is 24.2 Å². The predicted octanol–water partition coefficient (Wildman–Crippen LogP) is 3.93. The molecule has 1 N–H and O–H groups in total. The lowest BCUT2D eigenvalue weighted by Gasteiger charge is -2.12. The molecule has 0 radical (unpaired) electrons. The van der Waals surface area contributed by atoms with Gasteiger partial charge in [-0.3, -0.25) is 4.79 Å². The summed E-state index contributed by atoms with van der Waals surface area (Å²) in [4.78, 5) is 27.9. The van der Waals surface area contributed by atoms with E-state index in [0.29, 0.717) is 10.0 Å². The number of carbonyl (C=O) groups is 2. The molecule has 1 atom stereocenters. The summed E-state index contributed by atoms with van der Waals surface area (Å²) >= 11 is 7.27. The second-order valence-corrected chi connectivity index (χ2v) is 6.68. The zero-order valence-electron chi connectivity index (χ0n) is 13.5. The summed E-state index contributed by atoms with van der Waals surface area (Å²) in [5, 5.41) is 5.66. The average molecular weight is 367 g/mol. The molecule has 7 heteroatoms. The highest BCUT2D eigenvalue weighted by atomic mass is 35.5. The summed E-state index contributed by atoms with van der Waals surface area (Å²) in [5.74, 6) is -0.924. The maximum absolute atomic E-state index is 12.0. The van der Waals surface area contributed by atoms with Gasteiger partial charge in [-0.15, -0.1) is 11.3 Å². The van der Waals surface area contributed by atoms with E-state index in [0.717, 1.165) is 18.4 Å². The molecule has 0 saturated carbocycles. The van der Waals surface area contributed by atoms with Crippen molar-refractivity contribution in [1.29, 1.82) is 0 Å². The number of carbonyl (C=O) groups excluding carboxylic acids is 2. The normalized spacial score (nSPS) is 11.8. The van der Waals surface area contributed by atoms with Crippen LogP contribution in [-0.2, 0) is 9.53 Å². The number of benzene rings is 1. The third-order valence-corrected chi connectivity index (χ3v) is 4.37. The summed E-state index contributed by atoms with van der Waals surface area (Å²) in [6, 6.07) is 7.29. The zero-order chi connectivity index (χ0) is 17.5. The molecule has 0 spiro atoms. The number of rotatable bonds is 7. The standard InChI is InChI=1S/C17H19ClN2O3S/c1-3-5-11(2)19-15(21)9-23-17(22)14-10-24-16(20-14)12-6-4-7-13(18)8-12/h4,6-8,10-11H,3,5,9H2,1-2H3,(H,19,21)/t11-/m1/s1. The van der Waals surface area contributed by atoms with Gasteiger partial charge in [-0.1, -0.05) is 37.1 Å². The van der Waals surface area contributed by atoms with Crippen LogP contribution < -0.4 is 5.32 Å². The van der Waals surface area contributed by atoms with Crippen molar-refractivity contribution >= 4 is 34.8 Å². The third-order valence-electron chi connectivity index (χ3n) is 3.25. The molecule has 2 aromatic rings. The summed E-state index contributed by atoms with van der Waals surface area (Å²) in [5.41, 5.74) is 1.02. The summed E-state index contributed by atoms with van der Waals surface area (Å²) in [6.45, 7) is 3.65. The predicted molar refractivity (Wildman–Crippen MR) is 95.4 cm³/mol. The molecule has 0 aliphatic carbocycles. The van der Waals surface area contributed by atoms with Crippen LogP contribution in [0.25, 0.3) is 10.6 Å². The molecule has 128 valence electrons. The monoisotopic (exact) mass is 366 g/mol. The van der Waals surface area contributed by atoms with E-state index < -0.39 is 5.97 Å². The molecule has 1 amide bonds. The number of hydrogen-bond acceptors (Lipinski definition) is 5. The minimum Gasteiger partial charge on any atom is -0.451 e. The van der Waals surface area contributed by atoms with Gasteiger partial charge in [0.05, 0.1) is 0 Å². The number of esters is 1. The minimum atomic E-state index is -0.613. The van der Waals surface area contributed by atoms with Crippen LogP contribution in [0.5, 0.6) is 0 Å². The molecular formula is C17H19ClN2O3S. The Morgan fingerprint density at radius 3 is 2.92 bits per heavy atom. The Morgan fingerprint density at radius 1 is 1.42 bits per heavy atom. The molecule has 0 saturated heterocycles. The van der Waals surface area contributed by atoms with Crippen LogP contribution >= 0.6 is 22.9 Å². The molecule has 24 heavy (non-hydrogen) atoms. The molecule has 1 aromatic heterocycles. The van der Waals surface area contributed by atoms with E-state index >= 15 is 0 Å². The first-order valence-corrected chi connectivity index (χ1v) is 8.93. The first kappa shape index (κ1) is 18.4. The van der Waals surface area contributed by atoms with Crippen LogP contribution in [0.2, 0.25) is 5.02 Å². The van der Waals surface area contributed by atoms with Gasteiger partial charge in [0, 0.05) is 22.0 Å². The highest BCUT2D eigenvalue weighted by Gasteiger charge is 2.15. The van der Waals surface area contributed by atoms with Gasteiger partial charge in [-0.25, -0.2) is 9.78 Å². The molecule has 5 nitrogen and oxygen atoms in total. The van der Waals surface area contributed by atoms with Crippen LogP contribution in [0.1, 0.15) is 37.2 Å². The van der Waals surface area contributed by atoms with Crippen molar-refractivity contribution in [3.05, 3.63) is 40.4 Å². The van der Waals surface area contributed by atoms with Crippen molar-refractivity contribution in [3.63, 3.8) is 0 Å². The van der Waals surface area contributed by atoms with Gasteiger partial charge in [-0.2, -0.15) is 0 Å². The van der Waals surface area contributed by atoms with Crippen molar-refractivity contribution in [1.82, 2.24) is 10.3 Å². The second kappa shape index (κ2) is 8.80. The van der Waals surface area contributed by atoms with Crippen LogP contribution in [-0.4, -0.2) is 29.5 Å². The highest BCUT2D eigenvalue weighted by molar-refractivity contribution is 7.13. The number of amides is 1. The Bertz CT molecular complexity index is 717. The highest BCUT2D eigenvalue weighted by Crippen LogP contribution is 2.26. The van der Waals surface area contributed by atoms with Gasteiger partial charge in [0.1, 0.15) is 5.01 Å². The number of halogens is 1. The van der Waals surface area contributed by atoms with E-state index in [1.54, 1.807) is 17.5 Å². The molecule has 0 bridgehead atoms. The van der Waals surface area contributed by atoms with E-state index in [1.165, 1.54) is 11.3 Å². The van der Waals surface area contributed by atoms with Gasteiger partial charge in [0.15, 0.2) is 12.3 Å². The van der Waals surface area contributed by atoms with Crippen molar-refractivity contribution in [2.75, 3.05) is 6.61 Å². The molecule has 1 heterocycles. The van der Waals surface area contributed by atoms with Crippen molar-refractivity contribution in [3.8, 4) is 10.6 Å². The first-order valence-electron chi connectivity index (χ1n) is 7.67. The Kier molecular flexibility index (Phi) is 6.75. The van der Waals surface area contributed by atoms with Crippen LogP contribution in [0.4, 0.5) is 0 Å². The molecule has 1 aromatic carbocycles. The van der Waals surface area contributed by atoms with Crippen molar-refractivity contribution < 1.29 is 14.3 Å². The zero-order valence-corrected chi connectivity index (χ0v) is 15.1. The molecule has 0 fully saturated rings. The van der Waals surface area contributed by atoms with Gasteiger partial charge >= 0.3 is 5.97 Å². The lowest BCUT2D eigenvalue weighted by atomic mass is 10.2. The maximum Gasteiger partial charge on any atom is 0.358 e. The molecule has 0 aliphatic rings. The Labute approximate surface area is 150 Å². The lowest BCUT2D eigenvalue weighted by molar-refractivity contribution is -0.124. The van der Waals surface area contributed by atoms with Gasteiger partial charge in [-0.05, 0) is 25.5 Å². The number of aromatic nitrogens is 1. The molecular weight excluding hydrogens is 348 g/mol. The number of nitrogens with one attached hydrogen (secondary N) is 1. The molecule has 2 rings (SSSR count). The van der Waals surface area contributed by atoms with Crippen LogP contribution in [0, 0.1) is 0 Å². The lowest BCUT2D eigenvalue weighted by Crippen LogP contribution is -2.35. The number of nitrogens with zero attached hydrogens (tertiary/aromatic N) is 1. The quantitative estimate of drug-likeness (QED) is 0.754. The topological polar surface area (TPSA) is 68.3 Å². The molecule has 0 unspecified atom stereocenters. The fourth-order valence-corrected chi connectivity index (χ4v) is 3.12. The fourth-order valence-electron chi connectivity index (χ4n) is 2.15. The summed E-state index contributed by atoms with van der Waals surface area (Å²) in [7, 11) is 0. The van der Waals surface area contributed by atoms with Gasteiger partial charge in [0.25, 0.3) is 5.91 Å². The Hall–Kier alpha value is -1.92. The number of hydrogen-bond donors (Lipinski definition) is 1. The maximum atomic E-state index is 12.0. The SMILES string of the molecule is CCC[C@@H](C)NC(=O)COC(=O)c1csc(-c2cccc(Cl)c2)n1. The molecule has 0 aliphatic heterocycles. The van der Waals surface area contributed by atoms with Crippen molar-refractivity contribution in [2.24, 2.45) is 0 Å². The van der Waals surface area contributed by atoms with Crippen LogP contribution in [0.3, 0.4) is 0 Å². The largest absolute Gasteiger partial charge is 0.451 e. The number of ether oxygens (including phenoxy) is 1. The van der Waals surface area contributed by atoms with E-state index in [1.807, 2.05) is 26.0 Å². The van der Waals surface area contributed by atoms with E-state index in [4.69, 9.17) is 16.3 Å². The van der Waals surface area contributed by atoms with Gasteiger partial charge in [0.2, 0.25) is 0 Å². The summed E-state index contributed by atoms with van der Waals surface area (Å²) in [6.07, 6.45) is 1.86. The van der Waals surface area contributed by atoms with Crippen LogP contribution in [0.15, 0.2) is 29.6 Å². The fraction of sp³-hybridized carbons (Fsp3) is 0.353. The average Bonchev–Trinajstić information content (AvgIpc) is 3.03. The smallest absolute Gasteiger partial charge is 0.358 e. The van der Waals surface area contributed by atoms with E-state index in [9.17, 15) is 9.59 Å². The Morgan fingerprint density at radius 2 is 2.21 bits per heavy atom. The third kappa shape index (κ3) is 5.32. The minimum absolute atomic E-state index is 0.0647. The first-order chi connectivity index (χ1) is 11.5.